The first kappa shape index (κ1) is 27.1. The molecular weight excluding hydrogens is 515 g/mol. The molecule has 1 aliphatic heterocycles. The van der Waals surface area contributed by atoms with Gasteiger partial charge in [-0.1, -0.05) is 0 Å². The predicted molar refractivity (Wildman–Crippen MR) is 149 cm³/mol. The zero-order valence-corrected chi connectivity index (χ0v) is 22.3. The zero-order valence-electron chi connectivity index (χ0n) is 22.3. The van der Waals surface area contributed by atoms with Gasteiger partial charge in [-0.25, -0.2) is 14.2 Å². The van der Waals surface area contributed by atoms with Gasteiger partial charge in [0.05, 0.1) is 0 Å². The molecule has 1 aromatic heterocycles. The number of pyridine rings is 1. The number of nitrogens with zero attached hydrogens (tertiary/aromatic N) is 3. The second-order valence-electron chi connectivity index (χ2n) is 10.3. The summed E-state index contributed by atoms with van der Waals surface area (Å²) in [6.45, 7) is 1.35. The maximum atomic E-state index is 13.1. The van der Waals surface area contributed by atoms with E-state index >= 15 is 0 Å². The molecule has 0 radical (unpaired) electrons. The third-order valence-corrected chi connectivity index (χ3v) is 7.22. The number of carbonyl (C=O) groups is 3. The van der Waals surface area contributed by atoms with Crippen molar-refractivity contribution in [3.63, 3.8) is 0 Å². The van der Waals surface area contributed by atoms with E-state index in [0.29, 0.717) is 60.7 Å². The van der Waals surface area contributed by atoms with Crippen LogP contribution in [0.1, 0.15) is 19.3 Å². The molecule has 2 aliphatic rings. The summed E-state index contributed by atoms with van der Waals surface area (Å²) in [7, 11) is 4.02. The van der Waals surface area contributed by atoms with Crippen LogP contribution in [-0.4, -0.2) is 65.9 Å². The molecule has 3 N–H and O–H groups in total. The summed E-state index contributed by atoms with van der Waals surface area (Å²) in [5.74, 6) is 0.170. The molecule has 0 bridgehead atoms. The number of hydrogen-bond acceptors (Lipinski definition) is 6. The largest absolute Gasteiger partial charge is 0.457 e. The second kappa shape index (κ2) is 11.3. The van der Waals surface area contributed by atoms with Crippen molar-refractivity contribution in [2.24, 2.45) is 5.41 Å². The summed E-state index contributed by atoms with van der Waals surface area (Å²) in [5, 5.41) is 8.32. The Balaban J connectivity index is 1.15. The van der Waals surface area contributed by atoms with E-state index in [1.54, 1.807) is 47.5 Å². The van der Waals surface area contributed by atoms with Crippen LogP contribution in [0.3, 0.4) is 0 Å². The maximum absolute atomic E-state index is 13.1. The molecule has 11 heteroatoms. The molecular formula is C29H31FN6O4. The van der Waals surface area contributed by atoms with Crippen molar-refractivity contribution in [2.45, 2.75) is 25.3 Å². The lowest BCUT2D eigenvalue weighted by molar-refractivity contribution is -0.131. The third kappa shape index (κ3) is 6.20. The Bertz CT molecular complexity index is 1390. The Hall–Kier alpha value is -4.51. The molecule has 5 rings (SSSR count). The number of hydrogen-bond donors (Lipinski definition) is 3. The van der Waals surface area contributed by atoms with Gasteiger partial charge in [-0.05, 0) is 88.0 Å². The SMILES string of the molecule is CN(C)C1CCN(C(=O)Nc2cc(Oc3ccc(NC(=O)C4(C(=O)Nc5ccc(F)cc5)CC4)cc3)ccn2)C1. The van der Waals surface area contributed by atoms with Gasteiger partial charge >= 0.3 is 6.03 Å². The lowest BCUT2D eigenvalue weighted by Gasteiger charge is -2.20. The molecule has 4 amide bonds. The van der Waals surface area contributed by atoms with E-state index in [1.807, 2.05) is 14.1 Å². The molecule has 208 valence electrons. The van der Waals surface area contributed by atoms with E-state index in [2.05, 4.69) is 25.8 Å². The van der Waals surface area contributed by atoms with Gasteiger partial charge in [0.25, 0.3) is 0 Å². The fourth-order valence-corrected chi connectivity index (χ4v) is 4.54. The van der Waals surface area contributed by atoms with Crippen LogP contribution in [-0.2, 0) is 9.59 Å². The van der Waals surface area contributed by atoms with Crippen LogP contribution in [0.4, 0.5) is 26.4 Å². The Morgan fingerprint density at radius 1 is 0.925 bits per heavy atom. The quantitative estimate of drug-likeness (QED) is 0.358. The lowest BCUT2D eigenvalue weighted by Crippen LogP contribution is -2.36. The monoisotopic (exact) mass is 546 g/mol. The normalized spacial score (nSPS) is 17.3. The molecule has 0 spiro atoms. The van der Waals surface area contributed by atoms with Crippen molar-refractivity contribution in [3.8, 4) is 11.5 Å². The number of carbonyl (C=O) groups excluding carboxylic acids is 3. The number of anilines is 3. The number of nitrogens with one attached hydrogen (secondary N) is 3. The van der Waals surface area contributed by atoms with Crippen LogP contribution in [0, 0.1) is 11.2 Å². The van der Waals surface area contributed by atoms with E-state index < -0.39 is 23.0 Å². The lowest BCUT2D eigenvalue weighted by atomic mass is 10.0. The Morgan fingerprint density at radius 2 is 1.55 bits per heavy atom. The molecule has 3 aromatic rings. The van der Waals surface area contributed by atoms with E-state index in [4.69, 9.17) is 4.74 Å². The van der Waals surface area contributed by atoms with Crippen LogP contribution in [0.25, 0.3) is 0 Å². The van der Waals surface area contributed by atoms with Crippen LogP contribution in [0.5, 0.6) is 11.5 Å². The number of halogens is 1. The highest BCUT2D eigenvalue weighted by Gasteiger charge is 2.56. The smallest absolute Gasteiger partial charge is 0.323 e. The van der Waals surface area contributed by atoms with Crippen molar-refractivity contribution >= 4 is 35.0 Å². The van der Waals surface area contributed by atoms with Gasteiger partial charge in [0.2, 0.25) is 11.8 Å². The highest BCUT2D eigenvalue weighted by Crippen LogP contribution is 2.47. The minimum absolute atomic E-state index is 0.200. The van der Waals surface area contributed by atoms with E-state index in [-0.39, 0.29) is 6.03 Å². The van der Waals surface area contributed by atoms with Crippen LogP contribution < -0.4 is 20.7 Å². The number of aromatic nitrogens is 1. The van der Waals surface area contributed by atoms with Crippen LogP contribution in [0.15, 0.2) is 66.9 Å². The van der Waals surface area contributed by atoms with Gasteiger partial charge in [-0.15, -0.1) is 0 Å². The minimum atomic E-state index is -1.15. The molecule has 2 aromatic carbocycles. The molecule has 1 aliphatic carbocycles. The molecule has 1 saturated carbocycles. The summed E-state index contributed by atoms with van der Waals surface area (Å²) < 4.78 is 19.0. The molecule has 2 heterocycles. The fraction of sp³-hybridized carbons (Fsp3) is 0.310. The number of benzene rings is 2. The van der Waals surface area contributed by atoms with Gasteiger partial charge in [0.1, 0.15) is 28.5 Å². The number of rotatable bonds is 8. The number of likely N-dealkylation sites (tertiary alicyclic amines) is 1. The van der Waals surface area contributed by atoms with E-state index in [0.717, 1.165) is 6.42 Å². The standard InChI is InChI=1S/C29H31FN6O4/c1-35(2)22-12-16-36(18-22)28(39)34-25-17-24(11-15-31-25)40-23-9-7-21(8-10-23)33-27(38)29(13-14-29)26(37)32-20-5-3-19(30)4-6-20/h3-11,15,17,22H,12-14,16,18H2,1-2H3,(H,32,37)(H,33,38)(H,31,34,39). The highest BCUT2D eigenvalue weighted by atomic mass is 19.1. The summed E-state index contributed by atoms with van der Waals surface area (Å²) in [4.78, 5) is 46.4. The molecule has 1 unspecified atom stereocenters. The molecule has 40 heavy (non-hydrogen) atoms. The van der Waals surface area contributed by atoms with Crippen molar-refractivity contribution in [1.29, 1.82) is 0 Å². The van der Waals surface area contributed by atoms with Crippen molar-refractivity contribution < 1.29 is 23.5 Å². The van der Waals surface area contributed by atoms with E-state index in [1.165, 1.54) is 24.3 Å². The molecule has 1 atom stereocenters. The fourth-order valence-electron chi connectivity index (χ4n) is 4.54. The number of amides is 4. The zero-order chi connectivity index (χ0) is 28.3. The summed E-state index contributed by atoms with van der Waals surface area (Å²) in [5.41, 5.74) is -0.202. The van der Waals surface area contributed by atoms with Gasteiger partial charge in [-0.3, -0.25) is 14.9 Å². The second-order valence-corrected chi connectivity index (χ2v) is 10.3. The molecule has 2 fully saturated rings. The predicted octanol–water partition coefficient (Wildman–Crippen LogP) is 4.54. The van der Waals surface area contributed by atoms with Crippen molar-refractivity contribution in [2.75, 3.05) is 43.1 Å². The Kier molecular flexibility index (Phi) is 7.65. The minimum Gasteiger partial charge on any atom is -0.457 e. The van der Waals surface area contributed by atoms with Gasteiger partial charge in [-0.2, -0.15) is 0 Å². The molecule has 1 saturated heterocycles. The number of likely N-dealkylation sites (N-methyl/N-ethyl adjacent to an activating group) is 1. The Labute approximate surface area is 231 Å². The molecule has 10 nitrogen and oxygen atoms in total. The maximum Gasteiger partial charge on any atom is 0.323 e. The number of ether oxygens (including phenoxy) is 1. The van der Waals surface area contributed by atoms with E-state index in [9.17, 15) is 18.8 Å². The Morgan fingerprint density at radius 3 is 2.12 bits per heavy atom. The van der Waals surface area contributed by atoms with Crippen LogP contribution >= 0.6 is 0 Å². The van der Waals surface area contributed by atoms with Crippen molar-refractivity contribution in [1.82, 2.24) is 14.8 Å². The average Bonchev–Trinajstić information content (AvgIpc) is 3.60. The third-order valence-electron chi connectivity index (χ3n) is 7.22. The summed E-state index contributed by atoms with van der Waals surface area (Å²) in [6.07, 6.45) is 3.35. The van der Waals surface area contributed by atoms with Crippen LogP contribution in [0.2, 0.25) is 0 Å². The summed E-state index contributed by atoms with van der Waals surface area (Å²) >= 11 is 0. The first-order valence-corrected chi connectivity index (χ1v) is 13.1. The van der Waals surface area contributed by atoms with Gasteiger partial charge in [0, 0.05) is 42.8 Å². The first-order valence-electron chi connectivity index (χ1n) is 13.1. The topological polar surface area (TPSA) is 116 Å². The average molecular weight is 547 g/mol. The highest BCUT2D eigenvalue weighted by molar-refractivity contribution is 6.16. The van der Waals surface area contributed by atoms with Crippen molar-refractivity contribution in [3.05, 3.63) is 72.7 Å². The number of urea groups is 1. The first-order chi connectivity index (χ1) is 19.2. The summed E-state index contributed by atoms with van der Waals surface area (Å²) in [6, 6.07) is 15.6. The van der Waals surface area contributed by atoms with Gasteiger partial charge in [0.15, 0.2) is 0 Å². The van der Waals surface area contributed by atoms with Gasteiger partial charge < -0.3 is 25.2 Å².